The van der Waals surface area contributed by atoms with E-state index in [9.17, 15) is 14.4 Å². The Hall–Kier alpha value is -3.94. The van der Waals surface area contributed by atoms with Gasteiger partial charge in [-0.15, -0.1) is 0 Å². The first-order valence-corrected chi connectivity index (χ1v) is 9.63. The van der Waals surface area contributed by atoms with Gasteiger partial charge in [-0.05, 0) is 11.6 Å². The molecule has 1 fully saturated rings. The molecule has 152 valence electrons. The normalized spacial score (nSPS) is 15.8. The standard InChI is InChI=1S/C22H21N5O3/c28-20-11-17(14-27(20)13-15-7-3-1-4-8-15)21(29)25-26-22(30)19-12-18(23-24-19)16-9-5-2-6-10-16/h1-10,12,17H,11,13-14H2,(H,23,24)(H,25,29)(H,26,30). The van der Waals surface area contributed by atoms with Gasteiger partial charge in [0.25, 0.3) is 5.91 Å². The first-order chi connectivity index (χ1) is 14.6. The van der Waals surface area contributed by atoms with Crippen LogP contribution in [0.1, 0.15) is 22.5 Å². The molecule has 2 aromatic carbocycles. The summed E-state index contributed by atoms with van der Waals surface area (Å²) in [5, 5.41) is 6.78. The number of nitrogens with zero attached hydrogens (tertiary/aromatic N) is 2. The highest BCUT2D eigenvalue weighted by Crippen LogP contribution is 2.20. The fourth-order valence-electron chi connectivity index (χ4n) is 3.39. The van der Waals surface area contributed by atoms with Gasteiger partial charge in [0.2, 0.25) is 11.8 Å². The van der Waals surface area contributed by atoms with Crippen LogP contribution < -0.4 is 10.9 Å². The Kier molecular flexibility index (Phi) is 5.56. The highest BCUT2D eigenvalue weighted by Gasteiger charge is 2.34. The van der Waals surface area contributed by atoms with Crippen LogP contribution in [0.3, 0.4) is 0 Å². The van der Waals surface area contributed by atoms with Crippen LogP contribution in [0.2, 0.25) is 0 Å². The van der Waals surface area contributed by atoms with Gasteiger partial charge in [0.15, 0.2) is 0 Å². The number of amides is 3. The molecule has 0 spiro atoms. The first kappa shape index (κ1) is 19.4. The summed E-state index contributed by atoms with van der Waals surface area (Å²) < 4.78 is 0. The largest absolute Gasteiger partial charge is 0.338 e. The molecular formula is C22H21N5O3. The zero-order valence-electron chi connectivity index (χ0n) is 16.2. The molecule has 1 atom stereocenters. The summed E-state index contributed by atoms with van der Waals surface area (Å²) in [4.78, 5) is 38.6. The number of aromatic amines is 1. The summed E-state index contributed by atoms with van der Waals surface area (Å²) in [5.41, 5.74) is 7.53. The van der Waals surface area contributed by atoms with Crippen molar-refractivity contribution >= 4 is 17.7 Å². The summed E-state index contributed by atoms with van der Waals surface area (Å²) in [6, 6.07) is 20.7. The van der Waals surface area contributed by atoms with E-state index in [1.807, 2.05) is 60.7 Å². The van der Waals surface area contributed by atoms with Crippen molar-refractivity contribution < 1.29 is 14.4 Å². The number of hydrogen-bond acceptors (Lipinski definition) is 4. The third kappa shape index (κ3) is 4.38. The van der Waals surface area contributed by atoms with Gasteiger partial charge in [0.05, 0.1) is 11.6 Å². The molecule has 1 aliphatic heterocycles. The maximum Gasteiger partial charge on any atom is 0.287 e. The van der Waals surface area contributed by atoms with Gasteiger partial charge in [0.1, 0.15) is 5.69 Å². The third-order valence-corrected chi connectivity index (χ3v) is 4.99. The van der Waals surface area contributed by atoms with Crippen molar-refractivity contribution in [2.75, 3.05) is 6.54 Å². The molecule has 2 heterocycles. The maximum absolute atomic E-state index is 12.4. The lowest BCUT2D eigenvalue weighted by Crippen LogP contribution is -2.45. The molecular weight excluding hydrogens is 382 g/mol. The predicted molar refractivity (Wildman–Crippen MR) is 110 cm³/mol. The number of hydrazine groups is 1. The second-order valence-corrected chi connectivity index (χ2v) is 7.14. The van der Waals surface area contributed by atoms with E-state index in [2.05, 4.69) is 21.0 Å². The molecule has 8 nitrogen and oxygen atoms in total. The van der Waals surface area contributed by atoms with E-state index >= 15 is 0 Å². The van der Waals surface area contributed by atoms with Gasteiger partial charge in [-0.2, -0.15) is 5.10 Å². The Morgan fingerprint density at radius 3 is 2.47 bits per heavy atom. The van der Waals surface area contributed by atoms with E-state index < -0.39 is 17.7 Å². The van der Waals surface area contributed by atoms with Crippen molar-refractivity contribution in [3.05, 3.63) is 78.0 Å². The lowest BCUT2D eigenvalue weighted by Gasteiger charge is -2.16. The van der Waals surface area contributed by atoms with E-state index in [-0.39, 0.29) is 18.0 Å². The summed E-state index contributed by atoms with van der Waals surface area (Å²) >= 11 is 0. The van der Waals surface area contributed by atoms with Gasteiger partial charge >= 0.3 is 0 Å². The fourth-order valence-corrected chi connectivity index (χ4v) is 3.39. The van der Waals surface area contributed by atoms with Gasteiger partial charge in [-0.25, -0.2) is 0 Å². The van der Waals surface area contributed by atoms with Crippen LogP contribution in [0, 0.1) is 5.92 Å². The maximum atomic E-state index is 12.4. The van der Waals surface area contributed by atoms with Crippen molar-refractivity contribution in [2.45, 2.75) is 13.0 Å². The number of likely N-dealkylation sites (tertiary alicyclic amines) is 1. The summed E-state index contributed by atoms with van der Waals surface area (Å²) in [7, 11) is 0. The lowest BCUT2D eigenvalue weighted by atomic mass is 10.1. The minimum absolute atomic E-state index is 0.0774. The van der Waals surface area contributed by atoms with Crippen molar-refractivity contribution in [3.63, 3.8) is 0 Å². The molecule has 0 radical (unpaired) electrons. The zero-order valence-corrected chi connectivity index (χ0v) is 16.2. The molecule has 8 heteroatoms. The number of carbonyl (C=O) groups excluding carboxylic acids is 3. The Labute approximate surface area is 173 Å². The molecule has 4 rings (SSSR count). The van der Waals surface area contributed by atoms with Gasteiger partial charge in [-0.1, -0.05) is 60.7 Å². The van der Waals surface area contributed by atoms with Gasteiger partial charge < -0.3 is 4.90 Å². The molecule has 1 aromatic heterocycles. The molecule has 1 unspecified atom stereocenters. The van der Waals surface area contributed by atoms with Crippen LogP contribution in [-0.2, 0) is 16.1 Å². The Morgan fingerprint density at radius 2 is 1.73 bits per heavy atom. The smallest absolute Gasteiger partial charge is 0.287 e. The van der Waals surface area contributed by atoms with Gasteiger partial charge in [0, 0.05) is 25.1 Å². The molecule has 30 heavy (non-hydrogen) atoms. The van der Waals surface area contributed by atoms with Crippen LogP contribution in [0.25, 0.3) is 11.3 Å². The second kappa shape index (κ2) is 8.60. The molecule has 3 N–H and O–H groups in total. The average Bonchev–Trinajstić information content (AvgIpc) is 3.41. The van der Waals surface area contributed by atoms with Gasteiger partial charge in [-0.3, -0.25) is 30.3 Å². The second-order valence-electron chi connectivity index (χ2n) is 7.14. The van der Waals surface area contributed by atoms with Crippen LogP contribution >= 0.6 is 0 Å². The number of H-pyrrole nitrogens is 1. The highest BCUT2D eigenvalue weighted by atomic mass is 16.2. The van der Waals surface area contributed by atoms with E-state index in [0.29, 0.717) is 18.8 Å². The third-order valence-electron chi connectivity index (χ3n) is 4.99. The van der Waals surface area contributed by atoms with Crippen LogP contribution in [-0.4, -0.2) is 39.4 Å². The molecule has 1 aliphatic rings. The van der Waals surface area contributed by atoms with Crippen LogP contribution in [0.4, 0.5) is 0 Å². The molecule has 0 bridgehead atoms. The molecule has 0 aliphatic carbocycles. The average molecular weight is 403 g/mol. The number of carbonyl (C=O) groups is 3. The van der Waals surface area contributed by atoms with Crippen LogP contribution in [0.15, 0.2) is 66.7 Å². The van der Waals surface area contributed by atoms with E-state index in [1.54, 1.807) is 11.0 Å². The lowest BCUT2D eigenvalue weighted by molar-refractivity contribution is -0.129. The van der Waals surface area contributed by atoms with Crippen molar-refractivity contribution in [1.29, 1.82) is 0 Å². The summed E-state index contributed by atoms with van der Waals surface area (Å²) in [6.07, 6.45) is 0.122. The van der Waals surface area contributed by atoms with E-state index in [4.69, 9.17) is 0 Å². The quantitative estimate of drug-likeness (QED) is 0.566. The van der Waals surface area contributed by atoms with Crippen molar-refractivity contribution in [2.24, 2.45) is 5.92 Å². The Morgan fingerprint density at radius 1 is 1.03 bits per heavy atom. The minimum atomic E-state index is -0.511. The molecule has 3 amide bonds. The van der Waals surface area contributed by atoms with Crippen molar-refractivity contribution in [1.82, 2.24) is 25.9 Å². The number of aromatic nitrogens is 2. The summed E-state index contributed by atoms with van der Waals surface area (Å²) in [5.74, 6) is -1.49. The first-order valence-electron chi connectivity index (χ1n) is 9.63. The fraction of sp³-hybridized carbons (Fsp3) is 0.182. The zero-order chi connectivity index (χ0) is 20.9. The molecule has 0 saturated carbocycles. The monoisotopic (exact) mass is 403 g/mol. The minimum Gasteiger partial charge on any atom is -0.338 e. The van der Waals surface area contributed by atoms with E-state index in [0.717, 1.165) is 11.1 Å². The number of nitrogens with one attached hydrogen (secondary N) is 3. The van der Waals surface area contributed by atoms with E-state index in [1.165, 1.54) is 0 Å². The SMILES string of the molecule is O=C(NNC(=O)C1CC(=O)N(Cc2ccccc2)C1)c1cc(-c2ccccc2)n[nH]1. The highest BCUT2D eigenvalue weighted by molar-refractivity contribution is 5.95. The summed E-state index contributed by atoms with van der Waals surface area (Å²) in [6.45, 7) is 0.782. The number of benzene rings is 2. The Balaban J connectivity index is 1.30. The topological polar surface area (TPSA) is 107 Å². The number of hydrogen-bond donors (Lipinski definition) is 3. The Bertz CT molecular complexity index is 1050. The van der Waals surface area contributed by atoms with Crippen LogP contribution in [0.5, 0.6) is 0 Å². The number of rotatable bonds is 5. The van der Waals surface area contributed by atoms with Crippen molar-refractivity contribution in [3.8, 4) is 11.3 Å². The molecule has 3 aromatic rings. The predicted octanol–water partition coefficient (Wildman–Crippen LogP) is 1.89. The molecule has 1 saturated heterocycles.